The number of ether oxygens (including phenoxy) is 2. The summed E-state index contributed by atoms with van der Waals surface area (Å²) < 4.78 is 38.4. The van der Waals surface area contributed by atoms with Crippen LogP contribution in [0.4, 0.5) is 14.5 Å². The number of carbonyl (C=O) groups excluding carboxylic acids is 1. The van der Waals surface area contributed by atoms with E-state index in [1.165, 1.54) is 0 Å². The van der Waals surface area contributed by atoms with E-state index < -0.39 is 23.6 Å². The van der Waals surface area contributed by atoms with Crippen LogP contribution in [0.1, 0.15) is 6.92 Å². The smallest absolute Gasteiger partial charge is 0.241 e. The second-order valence-corrected chi connectivity index (χ2v) is 6.23. The lowest BCUT2D eigenvalue weighted by Crippen LogP contribution is -2.46. The first kappa shape index (κ1) is 18.1. The monoisotopic (exact) mass is 362 g/mol. The first-order chi connectivity index (χ1) is 12.4. The Morgan fingerprint density at radius 2 is 2.00 bits per heavy atom. The first-order valence-corrected chi connectivity index (χ1v) is 8.28. The highest BCUT2D eigenvalue weighted by Crippen LogP contribution is 2.31. The van der Waals surface area contributed by atoms with E-state index in [2.05, 4.69) is 5.32 Å². The van der Waals surface area contributed by atoms with E-state index in [0.29, 0.717) is 24.7 Å². The van der Waals surface area contributed by atoms with Crippen LogP contribution in [0.5, 0.6) is 11.5 Å². The number of hydrogen-bond donors (Lipinski definition) is 1. The summed E-state index contributed by atoms with van der Waals surface area (Å²) in [6, 6.07) is 9.74. The van der Waals surface area contributed by atoms with Crippen LogP contribution in [0.2, 0.25) is 0 Å². The van der Waals surface area contributed by atoms with Crippen molar-refractivity contribution in [3.63, 3.8) is 0 Å². The van der Waals surface area contributed by atoms with E-state index >= 15 is 0 Å². The number of rotatable bonds is 5. The third kappa shape index (κ3) is 4.11. The second kappa shape index (κ2) is 7.70. The lowest BCUT2D eigenvalue weighted by atomic mass is 10.2. The number of hydrogen-bond acceptors (Lipinski definition) is 4. The minimum Gasteiger partial charge on any atom is -0.486 e. The van der Waals surface area contributed by atoms with Crippen molar-refractivity contribution in [3.05, 3.63) is 54.1 Å². The van der Waals surface area contributed by atoms with E-state index in [4.69, 9.17) is 9.47 Å². The standard InChI is InChI=1S/C19H20F2N2O3/c1-12(19(24)22-16-9-13(20)7-8-15(16)21)23(2)10-14-11-25-17-5-3-4-6-18(17)26-14/h3-9,12,14H,10-11H2,1-2H3,(H,22,24)/t12-,14+/m0/s1. The lowest BCUT2D eigenvalue weighted by molar-refractivity contribution is -0.120. The molecule has 1 heterocycles. The minimum atomic E-state index is -0.685. The highest BCUT2D eigenvalue weighted by atomic mass is 19.1. The number of likely N-dealkylation sites (N-methyl/N-ethyl adjacent to an activating group) is 1. The SMILES string of the molecule is C[C@@H](C(=O)Nc1cc(F)ccc1F)N(C)C[C@@H]1COc2ccccc2O1. The molecule has 0 bridgehead atoms. The fourth-order valence-electron chi connectivity index (χ4n) is 2.66. The largest absolute Gasteiger partial charge is 0.486 e. The van der Waals surface area contributed by atoms with Gasteiger partial charge in [-0.25, -0.2) is 8.78 Å². The summed E-state index contributed by atoms with van der Waals surface area (Å²) >= 11 is 0. The predicted molar refractivity (Wildman–Crippen MR) is 93.4 cm³/mol. The van der Waals surface area contributed by atoms with Gasteiger partial charge in [-0.3, -0.25) is 9.69 Å². The number of nitrogens with zero attached hydrogens (tertiary/aromatic N) is 1. The third-order valence-corrected chi connectivity index (χ3v) is 4.29. The third-order valence-electron chi connectivity index (χ3n) is 4.29. The molecule has 26 heavy (non-hydrogen) atoms. The van der Waals surface area contributed by atoms with Gasteiger partial charge < -0.3 is 14.8 Å². The quantitative estimate of drug-likeness (QED) is 0.888. The summed E-state index contributed by atoms with van der Waals surface area (Å²) in [7, 11) is 1.76. The molecule has 2 atom stereocenters. The Hall–Kier alpha value is -2.67. The Bertz CT molecular complexity index is 800. The van der Waals surface area contributed by atoms with Crippen LogP contribution >= 0.6 is 0 Å². The van der Waals surface area contributed by atoms with Gasteiger partial charge in [-0.2, -0.15) is 0 Å². The van der Waals surface area contributed by atoms with Gasteiger partial charge in [-0.1, -0.05) is 12.1 Å². The highest BCUT2D eigenvalue weighted by molar-refractivity contribution is 5.94. The van der Waals surface area contributed by atoms with Crippen LogP contribution in [0, 0.1) is 11.6 Å². The Morgan fingerprint density at radius 1 is 1.27 bits per heavy atom. The molecule has 2 aromatic carbocycles. The number of nitrogens with one attached hydrogen (secondary N) is 1. The maximum Gasteiger partial charge on any atom is 0.241 e. The number of halogens is 2. The minimum absolute atomic E-state index is 0.179. The molecular weight excluding hydrogens is 342 g/mol. The Balaban J connectivity index is 1.58. The van der Waals surface area contributed by atoms with E-state index in [-0.39, 0.29) is 11.8 Å². The molecule has 0 spiro atoms. The molecule has 1 aliphatic rings. The first-order valence-electron chi connectivity index (χ1n) is 8.28. The van der Waals surface area contributed by atoms with E-state index in [9.17, 15) is 13.6 Å². The molecule has 0 saturated heterocycles. The Labute approximate surface area is 150 Å². The van der Waals surface area contributed by atoms with Gasteiger partial charge in [-0.05, 0) is 38.2 Å². The number of fused-ring (bicyclic) bond motifs is 1. The fraction of sp³-hybridized carbons (Fsp3) is 0.316. The molecule has 2 aromatic rings. The molecule has 1 aliphatic heterocycles. The summed E-state index contributed by atoms with van der Waals surface area (Å²) in [4.78, 5) is 14.1. The van der Waals surface area contributed by atoms with E-state index in [0.717, 1.165) is 18.2 Å². The molecule has 0 aliphatic carbocycles. The van der Waals surface area contributed by atoms with Crippen LogP contribution in [-0.4, -0.2) is 43.2 Å². The molecule has 0 aromatic heterocycles. The molecule has 0 unspecified atom stereocenters. The molecule has 0 radical (unpaired) electrons. The van der Waals surface area contributed by atoms with Crippen LogP contribution in [-0.2, 0) is 4.79 Å². The van der Waals surface area contributed by atoms with Gasteiger partial charge in [0.25, 0.3) is 0 Å². The number of benzene rings is 2. The van der Waals surface area contributed by atoms with Gasteiger partial charge in [0.15, 0.2) is 11.5 Å². The van der Waals surface area contributed by atoms with Crippen molar-refractivity contribution >= 4 is 11.6 Å². The zero-order chi connectivity index (χ0) is 18.7. The van der Waals surface area contributed by atoms with Gasteiger partial charge in [-0.15, -0.1) is 0 Å². The van der Waals surface area contributed by atoms with E-state index in [1.54, 1.807) is 18.9 Å². The zero-order valence-electron chi connectivity index (χ0n) is 14.5. The van der Waals surface area contributed by atoms with Gasteiger partial charge in [0.1, 0.15) is 24.3 Å². The molecule has 7 heteroatoms. The van der Waals surface area contributed by atoms with Crippen molar-refractivity contribution in [1.82, 2.24) is 4.90 Å². The molecule has 5 nitrogen and oxygen atoms in total. The van der Waals surface area contributed by atoms with Crippen LogP contribution in [0.15, 0.2) is 42.5 Å². The van der Waals surface area contributed by atoms with Crippen LogP contribution in [0.3, 0.4) is 0 Å². The van der Waals surface area contributed by atoms with Crippen molar-refractivity contribution in [1.29, 1.82) is 0 Å². The van der Waals surface area contributed by atoms with Crippen molar-refractivity contribution < 1.29 is 23.0 Å². The number of carbonyl (C=O) groups is 1. The number of amides is 1. The highest BCUT2D eigenvalue weighted by Gasteiger charge is 2.26. The average Bonchev–Trinajstić information content (AvgIpc) is 2.64. The van der Waals surface area contributed by atoms with E-state index in [1.807, 2.05) is 24.3 Å². The molecule has 3 rings (SSSR count). The summed E-state index contributed by atoms with van der Waals surface area (Å²) in [5.74, 6) is -0.381. The molecule has 0 fully saturated rings. The summed E-state index contributed by atoms with van der Waals surface area (Å²) in [6.07, 6.45) is -0.240. The predicted octanol–water partition coefficient (Wildman–Crippen LogP) is 3.06. The Morgan fingerprint density at radius 3 is 2.77 bits per heavy atom. The summed E-state index contributed by atoms with van der Waals surface area (Å²) in [5.41, 5.74) is -0.179. The summed E-state index contributed by atoms with van der Waals surface area (Å²) in [6.45, 7) is 2.49. The molecule has 138 valence electrons. The van der Waals surface area contributed by atoms with Crippen LogP contribution < -0.4 is 14.8 Å². The zero-order valence-corrected chi connectivity index (χ0v) is 14.5. The van der Waals surface area contributed by atoms with Gasteiger partial charge in [0.2, 0.25) is 5.91 Å². The van der Waals surface area contributed by atoms with Crippen LogP contribution in [0.25, 0.3) is 0 Å². The number of para-hydroxylation sites is 2. The average molecular weight is 362 g/mol. The van der Waals surface area contributed by atoms with Gasteiger partial charge in [0.05, 0.1) is 11.7 Å². The van der Waals surface area contributed by atoms with Crippen molar-refractivity contribution in [3.8, 4) is 11.5 Å². The number of anilines is 1. The van der Waals surface area contributed by atoms with Crippen molar-refractivity contribution in [2.75, 3.05) is 25.5 Å². The van der Waals surface area contributed by atoms with Crippen molar-refractivity contribution in [2.45, 2.75) is 19.1 Å². The molecular formula is C19H20F2N2O3. The lowest BCUT2D eigenvalue weighted by Gasteiger charge is -2.31. The second-order valence-electron chi connectivity index (χ2n) is 6.23. The maximum absolute atomic E-state index is 13.7. The molecule has 0 saturated carbocycles. The molecule has 1 N–H and O–H groups in total. The topological polar surface area (TPSA) is 50.8 Å². The van der Waals surface area contributed by atoms with Gasteiger partial charge in [0, 0.05) is 12.6 Å². The maximum atomic E-state index is 13.7. The fourth-order valence-corrected chi connectivity index (χ4v) is 2.66. The van der Waals surface area contributed by atoms with Crippen molar-refractivity contribution in [2.24, 2.45) is 0 Å². The normalized spacial score (nSPS) is 17.0. The Kier molecular flexibility index (Phi) is 5.37. The molecule has 1 amide bonds. The summed E-state index contributed by atoms with van der Waals surface area (Å²) in [5, 5.41) is 2.42. The van der Waals surface area contributed by atoms with Gasteiger partial charge >= 0.3 is 0 Å².